The van der Waals surface area contributed by atoms with Crippen LogP contribution in [0, 0.1) is 0 Å². The fraction of sp³-hybridized carbons (Fsp3) is 0.250. The highest BCUT2D eigenvalue weighted by Crippen LogP contribution is 2.14. The largest absolute Gasteiger partial charge is 0.326 e. The molecule has 1 N–H and O–H groups in total. The van der Waals surface area contributed by atoms with Gasteiger partial charge in [-0.1, -0.05) is 86.1 Å². The highest BCUT2D eigenvalue weighted by atomic mass is 31.1. The Morgan fingerprint density at radius 2 is 1.10 bits per heavy atom. The van der Waals surface area contributed by atoms with Gasteiger partial charge in [0.2, 0.25) is 0 Å². The predicted octanol–water partition coefficient (Wildman–Crippen LogP) is 4.56. The number of rotatable bonds is 4. The summed E-state index contributed by atoms with van der Waals surface area (Å²) in [7, 11) is -2.66. The molecule has 4 heteroatoms. The summed E-state index contributed by atoms with van der Waals surface area (Å²) in [6, 6.07) is 24.0. The minimum absolute atomic E-state index is 0.408. The molecule has 1 unspecified atom stereocenters. The van der Waals surface area contributed by atoms with Crippen molar-refractivity contribution >= 4 is 8.25 Å². The molecule has 3 nitrogen and oxygen atoms in total. The summed E-state index contributed by atoms with van der Waals surface area (Å²) in [5.74, 6) is 0. The molecule has 20 heavy (non-hydrogen) atoms. The van der Waals surface area contributed by atoms with E-state index in [-0.39, 0.29) is 0 Å². The van der Waals surface area contributed by atoms with Crippen molar-refractivity contribution in [2.75, 3.05) is 6.61 Å². The lowest BCUT2D eigenvalue weighted by molar-refractivity contribution is 0.276. The SMILES string of the molecule is CCCCO[PH](=O)O.c1ccccc1.c1ccccc1. The van der Waals surface area contributed by atoms with Gasteiger partial charge in [0.25, 0.3) is 0 Å². The molecule has 0 aliphatic rings. The van der Waals surface area contributed by atoms with Gasteiger partial charge in [-0.2, -0.15) is 0 Å². The maximum atomic E-state index is 9.84. The van der Waals surface area contributed by atoms with Crippen LogP contribution in [0.4, 0.5) is 0 Å². The topological polar surface area (TPSA) is 46.5 Å². The Kier molecular flexibility index (Phi) is 14.5. The van der Waals surface area contributed by atoms with Crippen LogP contribution < -0.4 is 0 Å². The third-order valence-corrected chi connectivity index (χ3v) is 2.51. The van der Waals surface area contributed by atoms with Crippen molar-refractivity contribution < 1.29 is 14.0 Å². The zero-order chi connectivity index (χ0) is 14.9. The van der Waals surface area contributed by atoms with Gasteiger partial charge in [-0.15, -0.1) is 0 Å². The number of hydrogen-bond donors (Lipinski definition) is 1. The monoisotopic (exact) mass is 294 g/mol. The lowest BCUT2D eigenvalue weighted by Gasteiger charge is -1.94. The van der Waals surface area contributed by atoms with Crippen molar-refractivity contribution in [1.82, 2.24) is 0 Å². The van der Waals surface area contributed by atoms with Gasteiger partial charge in [0, 0.05) is 0 Å². The van der Waals surface area contributed by atoms with Crippen LogP contribution in [0.3, 0.4) is 0 Å². The van der Waals surface area contributed by atoms with Gasteiger partial charge in [-0.05, 0) is 6.42 Å². The fourth-order valence-electron chi connectivity index (χ4n) is 1.07. The second kappa shape index (κ2) is 15.6. The van der Waals surface area contributed by atoms with E-state index in [1.165, 1.54) is 0 Å². The van der Waals surface area contributed by atoms with Gasteiger partial charge in [-0.3, -0.25) is 4.57 Å². The Bertz CT molecular complexity index is 322. The summed E-state index contributed by atoms with van der Waals surface area (Å²) >= 11 is 0. The van der Waals surface area contributed by atoms with E-state index >= 15 is 0 Å². The Balaban J connectivity index is 0.000000274. The summed E-state index contributed by atoms with van der Waals surface area (Å²) in [6.45, 7) is 2.41. The normalized spacial score (nSPS) is 10.3. The Morgan fingerprint density at radius 1 is 0.800 bits per heavy atom. The van der Waals surface area contributed by atoms with Crippen molar-refractivity contribution in [3.8, 4) is 0 Å². The first-order valence-corrected chi connectivity index (χ1v) is 7.89. The number of benzene rings is 2. The fourth-order valence-corrected chi connectivity index (χ4v) is 1.39. The van der Waals surface area contributed by atoms with Crippen molar-refractivity contribution in [2.45, 2.75) is 19.8 Å². The molecule has 2 aromatic rings. The molecule has 0 radical (unpaired) electrons. The third-order valence-electron chi connectivity index (χ3n) is 2.06. The first-order valence-electron chi connectivity index (χ1n) is 6.63. The zero-order valence-corrected chi connectivity index (χ0v) is 12.8. The molecule has 2 aromatic carbocycles. The summed E-state index contributed by atoms with van der Waals surface area (Å²) in [5, 5.41) is 0. The molecule has 0 fully saturated rings. The van der Waals surface area contributed by atoms with Crippen LogP contribution in [-0.4, -0.2) is 11.5 Å². The maximum Gasteiger partial charge on any atom is 0.316 e. The summed E-state index contributed by atoms with van der Waals surface area (Å²) in [6.07, 6.45) is 1.85. The molecular weight excluding hydrogens is 271 g/mol. The highest BCUT2D eigenvalue weighted by molar-refractivity contribution is 7.32. The molecule has 0 saturated heterocycles. The van der Waals surface area contributed by atoms with Crippen LogP contribution in [0.1, 0.15) is 19.8 Å². The van der Waals surface area contributed by atoms with Crippen LogP contribution in [0.25, 0.3) is 0 Å². The Labute approximate surface area is 122 Å². The van der Waals surface area contributed by atoms with Gasteiger partial charge in [0.15, 0.2) is 0 Å². The van der Waals surface area contributed by atoms with Gasteiger partial charge < -0.3 is 9.42 Å². The Hall–Kier alpha value is -1.41. The summed E-state index contributed by atoms with van der Waals surface area (Å²) < 4.78 is 14.2. The lowest BCUT2D eigenvalue weighted by atomic mass is 10.4. The van der Waals surface area contributed by atoms with E-state index in [4.69, 9.17) is 4.89 Å². The first-order chi connectivity index (χ1) is 9.77. The molecule has 0 spiro atoms. The minimum Gasteiger partial charge on any atom is -0.326 e. The maximum absolute atomic E-state index is 9.84. The van der Waals surface area contributed by atoms with Crippen LogP contribution in [-0.2, 0) is 9.09 Å². The molecule has 2 rings (SSSR count). The average Bonchev–Trinajstić information content (AvgIpc) is 2.52. The molecule has 0 aromatic heterocycles. The zero-order valence-electron chi connectivity index (χ0n) is 11.8. The first kappa shape index (κ1) is 18.6. The quantitative estimate of drug-likeness (QED) is 0.664. The molecule has 0 saturated carbocycles. The van der Waals surface area contributed by atoms with E-state index in [1.807, 2.05) is 79.7 Å². The predicted molar refractivity (Wildman–Crippen MR) is 85.0 cm³/mol. The van der Waals surface area contributed by atoms with E-state index in [9.17, 15) is 4.57 Å². The van der Waals surface area contributed by atoms with Crippen LogP contribution in [0.2, 0.25) is 0 Å². The Morgan fingerprint density at radius 3 is 1.30 bits per heavy atom. The van der Waals surface area contributed by atoms with Crippen molar-refractivity contribution in [3.05, 3.63) is 72.8 Å². The van der Waals surface area contributed by atoms with Crippen LogP contribution in [0.5, 0.6) is 0 Å². The van der Waals surface area contributed by atoms with Crippen molar-refractivity contribution in [3.63, 3.8) is 0 Å². The second-order valence-electron chi connectivity index (χ2n) is 3.78. The summed E-state index contributed by atoms with van der Waals surface area (Å²) in [5.41, 5.74) is 0. The molecular formula is C16H23O3P. The third kappa shape index (κ3) is 16.6. The smallest absolute Gasteiger partial charge is 0.316 e. The van der Waals surface area contributed by atoms with Gasteiger partial charge in [0.1, 0.15) is 0 Å². The van der Waals surface area contributed by atoms with E-state index in [1.54, 1.807) is 0 Å². The average molecular weight is 294 g/mol. The minimum atomic E-state index is -2.66. The summed E-state index contributed by atoms with van der Waals surface area (Å²) in [4.78, 5) is 8.10. The van der Waals surface area contributed by atoms with Gasteiger partial charge >= 0.3 is 8.25 Å². The molecule has 0 heterocycles. The van der Waals surface area contributed by atoms with E-state index in [0.29, 0.717) is 6.61 Å². The molecule has 0 aliphatic carbocycles. The molecule has 0 bridgehead atoms. The molecule has 0 amide bonds. The van der Waals surface area contributed by atoms with Gasteiger partial charge in [-0.25, -0.2) is 0 Å². The van der Waals surface area contributed by atoms with Gasteiger partial charge in [0.05, 0.1) is 6.61 Å². The van der Waals surface area contributed by atoms with Crippen LogP contribution >= 0.6 is 8.25 Å². The highest BCUT2D eigenvalue weighted by Gasteiger charge is 1.88. The molecule has 1 atom stereocenters. The van der Waals surface area contributed by atoms with Crippen molar-refractivity contribution in [1.29, 1.82) is 0 Å². The second-order valence-corrected chi connectivity index (χ2v) is 4.60. The van der Waals surface area contributed by atoms with Crippen LogP contribution in [0.15, 0.2) is 72.8 Å². The molecule has 110 valence electrons. The molecule has 0 aliphatic heterocycles. The standard InChI is InChI=1S/2C6H6.C4H11O3P/c2*1-2-4-6-5-3-1;1-2-3-4-7-8(5)6/h2*1-6H;8H,2-4H2,1H3,(H,5,6). The lowest BCUT2D eigenvalue weighted by Crippen LogP contribution is -1.82. The number of unbranched alkanes of at least 4 members (excludes halogenated alkanes) is 1. The van der Waals surface area contributed by atoms with E-state index in [0.717, 1.165) is 12.8 Å². The van der Waals surface area contributed by atoms with E-state index < -0.39 is 8.25 Å². The van der Waals surface area contributed by atoms with Crippen molar-refractivity contribution in [2.24, 2.45) is 0 Å². The van der Waals surface area contributed by atoms with E-state index in [2.05, 4.69) is 4.52 Å². The number of hydrogen-bond acceptors (Lipinski definition) is 2.